The molecule has 0 radical (unpaired) electrons. The quantitative estimate of drug-likeness (QED) is 0.402. The minimum Gasteiger partial charge on any atom is -0.481 e. The number of ketones is 1. The third-order valence-electron chi connectivity index (χ3n) is 1.91. The van der Waals surface area contributed by atoms with Gasteiger partial charge in [-0.05, 0) is 6.92 Å². The number of carbonyl (C=O) groups is 3. The van der Waals surface area contributed by atoms with E-state index in [0.717, 1.165) is 0 Å². The first-order valence-electron chi connectivity index (χ1n) is 4.25. The molecule has 0 heterocycles. The average molecular weight is 217 g/mol. The molecule has 0 fully saturated rings. The fraction of sp³-hybridized carbons (Fsp3) is 0.625. The Morgan fingerprint density at radius 2 is 1.87 bits per heavy atom. The summed E-state index contributed by atoms with van der Waals surface area (Å²) in [7, 11) is 0. The normalized spacial score (nSPS) is 16.5. The van der Waals surface area contributed by atoms with Crippen molar-refractivity contribution in [3.05, 3.63) is 0 Å². The van der Waals surface area contributed by atoms with E-state index in [9.17, 15) is 14.4 Å². The van der Waals surface area contributed by atoms with Crippen molar-refractivity contribution in [3.8, 4) is 0 Å². The number of nitrogens with two attached hydrogens (primary N) is 3. The Bertz CT molecular complexity index is 288. The fourth-order valence-electron chi connectivity index (χ4n) is 0.882. The lowest BCUT2D eigenvalue weighted by Gasteiger charge is -2.20. The van der Waals surface area contributed by atoms with Gasteiger partial charge in [0.2, 0.25) is 5.91 Å². The summed E-state index contributed by atoms with van der Waals surface area (Å²) in [6, 6.07) is -1.16. The third-order valence-corrected chi connectivity index (χ3v) is 1.91. The van der Waals surface area contributed by atoms with Crippen LogP contribution < -0.4 is 17.2 Å². The number of hydrogen-bond acceptors (Lipinski definition) is 5. The predicted octanol–water partition coefficient (Wildman–Crippen LogP) is -2.05. The highest BCUT2D eigenvalue weighted by Gasteiger charge is 2.31. The minimum absolute atomic E-state index is 0.364. The van der Waals surface area contributed by atoms with E-state index in [1.807, 2.05) is 0 Å². The summed E-state index contributed by atoms with van der Waals surface area (Å²) in [6.45, 7) is 1.29. The van der Waals surface area contributed by atoms with Gasteiger partial charge in [0.15, 0.2) is 5.78 Å². The van der Waals surface area contributed by atoms with Crippen LogP contribution in [0, 0.1) is 0 Å². The van der Waals surface area contributed by atoms with Gasteiger partial charge in [-0.2, -0.15) is 0 Å². The Hall–Kier alpha value is -1.47. The summed E-state index contributed by atoms with van der Waals surface area (Å²) in [4.78, 5) is 32.4. The molecular weight excluding hydrogens is 202 g/mol. The summed E-state index contributed by atoms with van der Waals surface area (Å²) in [5.41, 5.74) is 14.2. The van der Waals surface area contributed by atoms with Crippen molar-refractivity contribution in [3.63, 3.8) is 0 Å². The number of carboxylic acid groups (broad SMARTS) is 1. The van der Waals surface area contributed by atoms with Gasteiger partial charge in [-0.3, -0.25) is 14.4 Å². The van der Waals surface area contributed by atoms with E-state index in [1.165, 1.54) is 6.92 Å². The lowest BCUT2D eigenvalue weighted by atomic mass is 9.92. The number of carboxylic acids is 1. The Kier molecular flexibility index (Phi) is 4.38. The largest absolute Gasteiger partial charge is 0.481 e. The van der Waals surface area contributed by atoms with Gasteiger partial charge in [-0.25, -0.2) is 0 Å². The summed E-state index contributed by atoms with van der Waals surface area (Å²) in [6.07, 6.45) is -0.857. The maximum atomic E-state index is 11.3. The average Bonchev–Trinajstić information content (AvgIpc) is 2.01. The molecule has 1 unspecified atom stereocenters. The minimum atomic E-state index is -1.49. The van der Waals surface area contributed by atoms with Crippen LogP contribution in [-0.4, -0.2) is 34.3 Å². The van der Waals surface area contributed by atoms with Gasteiger partial charge in [-0.15, -0.1) is 0 Å². The molecule has 7 heteroatoms. The summed E-state index contributed by atoms with van der Waals surface area (Å²) >= 11 is 0. The molecular formula is C8H15N3O4. The second kappa shape index (κ2) is 4.85. The molecule has 0 saturated carbocycles. The molecule has 0 aromatic carbocycles. The van der Waals surface area contributed by atoms with Gasteiger partial charge < -0.3 is 22.3 Å². The highest BCUT2D eigenvalue weighted by molar-refractivity contribution is 5.94. The maximum Gasteiger partial charge on any atom is 0.305 e. The second-order valence-corrected chi connectivity index (χ2v) is 3.63. The third kappa shape index (κ3) is 4.52. The smallest absolute Gasteiger partial charge is 0.305 e. The van der Waals surface area contributed by atoms with Gasteiger partial charge >= 0.3 is 5.97 Å². The number of primary amides is 1. The van der Waals surface area contributed by atoms with Crippen LogP contribution in [0.25, 0.3) is 0 Å². The van der Waals surface area contributed by atoms with E-state index in [1.54, 1.807) is 0 Å². The van der Waals surface area contributed by atoms with Gasteiger partial charge in [0.25, 0.3) is 0 Å². The molecule has 0 bridgehead atoms. The van der Waals surface area contributed by atoms with Crippen molar-refractivity contribution in [1.29, 1.82) is 0 Å². The molecule has 0 spiro atoms. The zero-order valence-electron chi connectivity index (χ0n) is 8.40. The van der Waals surface area contributed by atoms with Crippen molar-refractivity contribution < 1.29 is 19.5 Å². The lowest BCUT2D eigenvalue weighted by molar-refractivity contribution is -0.139. The number of amides is 1. The van der Waals surface area contributed by atoms with Crippen LogP contribution in [-0.2, 0) is 14.4 Å². The van der Waals surface area contributed by atoms with Gasteiger partial charge in [0, 0.05) is 6.42 Å². The van der Waals surface area contributed by atoms with Crippen molar-refractivity contribution in [1.82, 2.24) is 0 Å². The molecule has 0 aliphatic heterocycles. The molecule has 1 amide bonds. The SMILES string of the molecule is CC(N)(CC(=O)[C@H](N)CC(=O)O)C(N)=O. The first-order valence-corrected chi connectivity index (χ1v) is 4.25. The molecule has 0 aromatic heterocycles. The molecule has 86 valence electrons. The van der Waals surface area contributed by atoms with E-state index in [4.69, 9.17) is 22.3 Å². The molecule has 7 N–H and O–H groups in total. The first-order chi connectivity index (χ1) is 6.66. The van der Waals surface area contributed by atoms with Crippen LogP contribution in [0.1, 0.15) is 19.8 Å². The number of aliphatic carboxylic acids is 1. The van der Waals surface area contributed by atoms with Crippen molar-refractivity contribution in [2.45, 2.75) is 31.3 Å². The monoisotopic (exact) mass is 217 g/mol. The molecule has 2 atom stereocenters. The van der Waals surface area contributed by atoms with Crippen molar-refractivity contribution in [2.24, 2.45) is 17.2 Å². The van der Waals surface area contributed by atoms with E-state index in [-0.39, 0.29) is 6.42 Å². The Morgan fingerprint density at radius 3 is 2.20 bits per heavy atom. The number of hydrogen-bond donors (Lipinski definition) is 4. The zero-order chi connectivity index (χ0) is 12.2. The van der Waals surface area contributed by atoms with Crippen LogP contribution in [0.3, 0.4) is 0 Å². The summed E-state index contributed by atoms with van der Waals surface area (Å²) < 4.78 is 0. The Morgan fingerprint density at radius 1 is 1.40 bits per heavy atom. The molecule has 0 aliphatic carbocycles. The Labute approximate surface area is 86.6 Å². The molecule has 0 aromatic rings. The van der Waals surface area contributed by atoms with Crippen LogP contribution >= 0.6 is 0 Å². The zero-order valence-corrected chi connectivity index (χ0v) is 8.40. The van der Waals surface area contributed by atoms with Crippen LogP contribution in [0.5, 0.6) is 0 Å². The van der Waals surface area contributed by atoms with Gasteiger partial charge in [0.05, 0.1) is 18.0 Å². The second-order valence-electron chi connectivity index (χ2n) is 3.63. The van der Waals surface area contributed by atoms with Crippen LogP contribution in [0.2, 0.25) is 0 Å². The van der Waals surface area contributed by atoms with E-state index >= 15 is 0 Å². The summed E-state index contributed by atoms with van der Waals surface area (Å²) in [5.74, 6) is -2.62. The molecule has 15 heavy (non-hydrogen) atoms. The molecule has 0 saturated heterocycles. The number of rotatable bonds is 6. The van der Waals surface area contributed by atoms with Gasteiger partial charge in [-0.1, -0.05) is 0 Å². The predicted molar refractivity (Wildman–Crippen MR) is 51.6 cm³/mol. The fourth-order valence-corrected chi connectivity index (χ4v) is 0.882. The molecule has 7 nitrogen and oxygen atoms in total. The van der Waals surface area contributed by atoms with Crippen LogP contribution in [0.15, 0.2) is 0 Å². The van der Waals surface area contributed by atoms with E-state index in [0.29, 0.717) is 0 Å². The number of Topliss-reactive ketones (excluding diaryl/α,β-unsaturated/α-hetero) is 1. The lowest BCUT2D eigenvalue weighted by Crippen LogP contribution is -2.52. The van der Waals surface area contributed by atoms with Crippen molar-refractivity contribution in [2.75, 3.05) is 0 Å². The van der Waals surface area contributed by atoms with E-state index < -0.39 is 35.7 Å². The molecule has 0 aliphatic rings. The van der Waals surface area contributed by atoms with E-state index in [2.05, 4.69) is 0 Å². The maximum absolute atomic E-state index is 11.3. The van der Waals surface area contributed by atoms with Crippen LogP contribution in [0.4, 0.5) is 0 Å². The Balaban J connectivity index is 4.36. The molecule has 0 rings (SSSR count). The summed E-state index contributed by atoms with van der Waals surface area (Å²) in [5, 5.41) is 8.39. The number of carbonyl (C=O) groups excluding carboxylic acids is 2. The topological polar surface area (TPSA) is 150 Å². The standard InChI is InChI=1S/C8H15N3O4/c1-8(11,7(10)15)3-5(12)4(9)2-6(13)14/h4H,2-3,9,11H2,1H3,(H2,10,15)(H,13,14)/t4-,8?/m1/s1. The first kappa shape index (κ1) is 13.5. The van der Waals surface area contributed by atoms with Crippen molar-refractivity contribution >= 4 is 17.7 Å². The highest BCUT2D eigenvalue weighted by atomic mass is 16.4. The van der Waals surface area contributed by atoms with Gasteiger partial charge in [0.1, 0.15) is 0 Å². The highest BCUT2D eigenvalue weighted by Crippen LogP contribution is 2.07.